The zero-order chi connectivity index (χ0) is 15.6. The predicted octanol–water partition coefficient (Wildman–Crippen LogP) is 1.94. The highest BCUT2D eigenvalue weighted by Gasteiger charge is 2.21. The maximum atomic E-state index is 12.2. The molecule has 0 saturated carbocycles. The molecule has 110 valence electrons. The number of sulfonamides is 1. The molecule has 2 rings (SSSR count). The Kier molecular flexibility index (Phi) is 4.01. The Labute approximate surface area is 124 Å². The molecule has 0 saturated heterocycles. The number of carboxylic acids is 1. The van der Waals surface area contributed by atoms with Crippen molar-refractivity contribution in [3.05, 3.63) is 47.2 Å². The Morgan fingerprint density at radius 1 is 1.29 bits per heavy atom. The maximum absolute atomic E-state index is 12.2. The number of nitrogens with zero attached hydrogens (tertiary/aromatic N) is 1. The van der Waals surface area contributed by atoms with Crippen molar-refractivity contribution >= 4 is 33.3 Å². The van der Waals surface area contributed by atoms with Gasteiger partial charge in [-0.1, -0.05) is 11.6 Å². The Morgan fingerprint density at radius 3 is 2.62 bits per heavy atom. The van der Waals surface area contributed by atoms with Gasteiger partial charge in [-0.05, 0) is 30.3 Å². The molecule has 0 atom stereocenters. The number of hydrogen-bond donors (Lipinski definition) is 3. The quantitative estimate of drug-likeness (QED) is 0.583. The number of benzene rings is 1. The highest BCUT2D eigenvalue weighted by Crippen LogP contribution is 2.26. The van der Waals surface area contributed by atoms with Gasteiger partial charge in [0.2, 0.25) is 0 Å². The molecule has 7 nitrogen and oxygen atoms in total. The third-order valence-corrected chi connectivity index (χ3v) is 4.30. The van der Waals surface area contributed by atoms with Crippen LogP contribution in [0.1, 0.15) is 10.4 Å². The van der Waals surface area contributed by atoms with Crippen molar-refractivity contribution in [1.82, 2.24) is 4.98 Å². The summed E-state index contributed by atoms with van der Waals surface area (Å²) in [6.07, 6.45) is 1.32. The molecule has 1 heterocycles. The minimum Gasteiger partial charge on any atom is -0.508 e. The molecular weight excluding hydrogens is 320 g/mol. The lowest BCUT2D eigenvalue weighted by Gasteiger charge is -2.11. The number of phenolic OH excluding ortho intramolecular Hbond substituents is 1. The molecule has 3 N–H and O–H groups in total. The summed E-state index contributed by atoms with van der Waals surface area (Å²) in [7, 11) is -4.10. The van der Waals surface area contributed by atoms with Gasteiger partial charge in [0.15, 0.2) is 0 Å². The molecule has 0 aliphatic carbocycles. The van der Waals surface area contributed by atoms with Crippen LogP contribution in [0.15, 0.2) is 41.4 Å². The first-order chi connectivity index (χ1) is 9.81. The van der Waals surface area contributed by atoms with Gasteiger partial charge in [0.05, 0.1) is 11.3 Å². The number of aromatic carboxylic acids is 1. The Morgan fingerprint density at radius 2 is 2.00 bits per heavy atom. The second-order valence-corrected chi connectivity index (χ2v) is 5.94. The highest BCUT2D eigenvalue weighted by atomic mass is 35.5. The first-order valence-corrected chi connectivity index (χ1v) is 7.37. The average molecular weight is 329 g/mol. The van der Waals surface area contributed by atoms with Crippen LogP contribution in [-0.4, -0.2) is 29.6 Å². The molecule has 0 aliphatic rings. The van der Waals surface area contributed by atoms with E-state index < -0.39 is 21.6 Å². The summed E-state index contributed by atoms with van der Waals surface area (Å²) in [6.45, 7) is 0. The first-order valence-electron chi connectivity index (χ1n) is 5.51. The van der Waals surface area contributed by atoms with Crippen molar-refractivity contribution in [2.45, 2.75) is 4.90 Å². The third-order valence-electron chi connectivity index (χ3n) is 2.49. The lowest BCUT2D eigenvalue weighted by molar-refractivity contribution is 0.0697. The predicted molar refractivity (Wildman–Crippen MR) is 75.1 cm³/mol. The molecule has 0 fully saturated rings. The topological polar surface area (TPSA) is 117 Å². The summed E-state index contributed by atoms with van der Waals surface area (Å²) in [4.78, 5) is 14.4. The fraction of sp³-hybridized carbons (Fsp3) is 0. The van der Waals surface area contributed by atoms with Gasteiger partial charge < -0.3 is 10.2 Å². The van der Waals surface area contributed by atoms with Crippen LogP contribution in [0, 0.1) is 0 Å². The molecule has 2 aromatic rings. The molecule has 1 aromatic carbocycles. The van der Waals surface area contributed by atoms with Gasteiger partial charge in [-0.2, -0.15) is 0 Å². The summed E-state index contributed by atoms with van der Waals surface area (Å²) in [6, 6.07) is 5.86. The Bertz CT molecular complexity index is 807. The number of nitrogens with one attached hydrogen (secondary N) is 1. The number of anilines is 1. The van der Waals surface area contributed by atoms with Gasteiger partial charge in [0, 0.05) is 6.20 Å². The molecule has 0 amide bonds. The summed E-state index contributed by atoms with van der Waals surface area (Å²) in [5.74, 6) is -1.68. The lowest BCUT2D eigenvalue weighted by Crippen LogP contribution is -2.16. The molecule has 0 bridgehead atoms. The van der Waals surface area contributed by atoms with Gasteiger partial charge in [0.25, 0.3) is 10.0 Å². The zero-order valence-electron chi connectivity index (χ0n) is 10.3. The second kappa shape index (κ2) is 5.58. The summed E-state index contributed by atoms with van der Waals surface area (Å²) in [5.41, 5.74) is -0.584. The van der Waals surface area contributed by atoms with Crippen LogP contribution in [-0.2, 0) is 10.0 Å². The Balaban J connectivity index is 2.47. The standard InChI is InChI=1S/C12H9ClN2O5S/c13-11-10(2-1-5-14-11)21(19,20)15-9-4-3-7(16)6-8(9)12(17)18/h1-6,15-16H,(H,17,18). The van der Waals surface area contributed by atoms with Gasteiger partial charge in [0.1, 0.15) is 15.8 Å². The number of carboxylic acid groups (broad SMARTS) is 1. The zero-order valence-corrected chi connectivity index (χ0v) is 11.9. The van der Waals surface area contributed by atoms with E-state index in [0.29, 0.717) is 0 Å². The van der Waals surface area contributed by atoms with Crippen molar-refractivity contribution in [3.63, 3.8) is 0 Å². The SMILES string of the molecule is O=C(O)c1cc(O)ccc1NS(=O)(=O)c1cccnc1Cl. The van der Waals surface area contributed by atoms with Gasteiger partial charge in [-0.15, -0.1) is 0 Å². The molecule has 1 aromatic heterocycles. The van der Waals surface area contributed by atoms with Crippen molar-refractivity contribution in [3.8, 4) is 5.75 Å². The molecular formula is C12H9ClN2O5S. The molecule has 0 radical (unpaired) electrons. The molecule has 21 heavy (non-hydrogen) atoms. The van der Waals surface area contributed by atoms with Crippen molar-refractivity contribution in [2.75, 3.05) is 4.72 Å². The van der Waals surface area contributed by atoms with Crippen LogP contribution >= 0.6 is 11.6 Å². The third kappa shape index (κ3) is 3.23. The van der Waals surface area contributed by atoms with Crippen LogP contribution in [0.2, 0.25) is 5.15 Å². The number of hydrogen-bond acceptors (Lipinski definition) is 5. The fourth-order valence-corrected chi connectivity index (χ4v) is 3.10. The highest BCUT2D eigenvalue weighted by molar-refractivity contribution is 7.92. The van der Waals surface area contributed by atoms with Crippen LogP contribution in [0.3, 0.4) is 0 Å². The van der Waals surface area contributed by atoms with E-state index in [1.807, 2.05) is 0 Å². The number of aromatic hydroxyl groups is 1. The van der Waals surface area contributed by atoms with Crippen LogP contribution < -0.4 is 4.72 Å². The minimum atomic E-state index is -4.10. The van der Waals surface area contributed by atoms with Gasteiger partial charge in [-0.3, -0.25) is 4.72 Å². The summed E-state index contributed by atoms with van der Waals surface area (Å²) >= 11 is 5.72. The summed E-state index contributed by atoms with van der Waals surface area (Å²) < 4.78 is 26.5. The average Bonchev–Trinajstić information content (AvgIpc) is 2.40. The lowest BCUT2D eigenvalue weighted by atomic mass is 10.2. The van der Waals surface area contributed by atoms with Crippen LogP contribution in [0.5, 0.6) is 5.75 Å². The largest absolute Gasteiger partial charge is 0.508 e. The van der Waals surface area contributed by atoms with E-state index in [4.69, 9.17) is 16.7 Å². The van der Waals surface area contributed by atoms with Gasteiger partial charge >= 0.3 is 5.97 Å². The van der Waals surface area contributed by atoms with E-state index in [1.165, 1.54) is 18.3 Å². The van der Waals surface area contributed by atoms with E-state index in [0.717, 1.165) is 18.2 Å². The van der Waals surface area contributed by atoms with E-state index in [1.54, 1.807) is 0 Å². The molecule has 9 heteroatoms. The number of rotatable bonds is 4. The van der Waals surface area contributed by atoms with E-state index in [9.17, 15) is 18.3 Å². The van der Waals surface area contributed by atoms with Crippen molar-refractivity contribution < 1.29 is 23.4 Å². The monoisotopic (exact) mass is 328 g/mol. The minimum absolute atomic E-state index is 0.194. The number of phenols is 1. The smallest absolute Gasteiger partial charge is 0.337 e. The van der Waals surface area contributed by atoms with Crippen molar-refractivity contribution in [1.29, 1.82) is 0 Å². The molecule has 0 spiro atoms. The van der Waals surface area contributed by atoms with Gasteiger partial charge in [-0.25, -0.2) is 18.2 Å². The van der Waals surface area contributed by atoms with Crippen LogP contribution in [0.4, 0.5) is 5.69 Å². The van der Waals surface area contributed by atoms with E-state index in [2.05, 4.69) is 9.71 Å². The van der Waals surface area contributed by atoms with E-state index in [-0.39, 0.29) is 21.5 Å². The molecule has 0 unspecified atom stereocenters. The second-order valence-electron chi connectivity index (χ2n) is 3.93. The number of carbonyl (C=O) groups is 1. The summed E-state index contributed by atoms with van der Waals surface area (Å²) in [5, 5.41) is 18.1. The van der Waals surface area contributed by atoms with Crippen molar-refractivity contribution in [2.24, 2.45) is 0 Å². The normalized spacial score (nSPS) is 11.1. The number of aromatic nitrogens is 1. The molecule has 0 aliphatic heterocycles. The first kappa shape index (κ1) is 15.1. The number of halogens is 1. The Hall–Kier alpha value is -2.32. The van der Waals surface area contributed by atoms with E-state index >= 15 is 0 Å². The fourth-order valence-electron chi connectivity index (χ4n) is 1.57. The number of pyridine rings is 1. The van der Waals surface area contributed by atoms with Crippen LogP contribution in [0.25, 0.3) is 0 Å². The maximum Gasteiger partial charge on any atom is 0.337 e.